The molecule has 0 aliphatic heterocycles. The molecule has 2 unspecified atom stereocenters. The van der Waals surface area contributed by atoms with Crippen LogP contribution < -0.4 is 10.1 Å². The minimum absolute atomic E-state index is 0.659. The molecule has 2 rings (SSSR count). The summed E-state index contributed by atoms with van der Waals surface area (Å²) in [6.45, 7) is 2.24. The molecule has 1 N–H and O–H groups in total. The monoisotopic (exact) mass is 192 g/mol. The van der Waals surface area contributed by atoms with Crippen LogP contribution in [0.3, 0.4) is 0 Å². The molecule has 0 aromatic carbocycles. The summed E-state index contributed by atoms with van der Waals surface area (Å²) in [5, 5.41) is 3.47. The summed E-state index contributed by atoms with van der Waals surface area (Å²) in [4.78, 5) is 4.06. The van der Waals surface area contributed by atoms with Crippen LogP contribution in [0, 0.1) is 5.92 Å². The summed E-state index contributed by atoms with van der Waals surface area (Å²) >= 11 is 0. The fourth-order valence-corrected chi connectivity index (χ4v) is 1.70. The third-order valence-electron chi connectivity index (χ3n) is 2.74. The van der Waals surface area contributed by atoms with E-state index in [0.29, 0.717) is 11.9 Å². The lowest BCUT2D eigenvalue weighted by molar-refractivity contribution is 0.398. The number of hydrogen-bond acceptors (Lipinski definition) is 3. The zero-order chi connectivity index (χ0) is 9.97. The molecule has 2 atom stereocenters. The van der Waals surface area contributed by atoms with Gasteiger partial charge in [0, 0.05) is 24.0 Å². The number of nitrogens with one attached hydrogen (secondary N) is 1. The average Bonchev–Trinajstić information content (AvgIpc) is 2.97. The molecule has 1 heterocycles. The second-order valence-electron chi connectivity index (χ2n) is 3.74. The maximum atomic E-state index is 5.06. The molecule has 0 saturated heterocycles. The lowest BCUT2D eigenvalue weighted by Crippen LogP contribution is -2.04. The molecular formula is C11H16N2O. The highest BCUT2D eigenvalue weighted by atomic mass is 16.5. The summed E-state index contributed by atoms with van der Waals surface area (Å²) < 4.78 is 5.06. The fourth-order valence-electron chi connectivity index (χ4n) is 1.70. The highest BCUT2D eigenvalue weighted by Gasteiger charge is 2.34. The van der Waals surface area contributed by atoms with Crippen molar-refractivity contribution < 1.29 is 4.74 Å². The van der Waals surface area contributed by atoms with Crippen molar-refractivity contribution in [3.63, 3.8) is 0 Å². The Morgan fingerprint density at radius 3 is 3.14 bits per heavy atom. The minimum Gasteiger partial charge on any atom is -0.481 e. The van der Waals surface area contributed by atoms with Crippen molar-refractivity contribution in [1.82, 2.24) is 4.98 Å². The van der Waals surface area contributed by atoms with E-state index in [1.807, 2.05) is 12.1 Å². The molecule has 0 spiro atoms. The van der Waals surface area contributed by atoms with Crippen LogP contribution in [0.2, 0.25) is 0 Å². The van der Waals surface area contributed by atoms with Gasteiger partial charge >= 0.3 is 0 Å². The summed E-state index contributed by atoms with van der Waals surface area (Å²) in [6, 6.07) is 4.57. The third-order valence-corrected chi connectivity index (χ3v) is 2.74. The zero-order valence-corrected chi connectivity index (χ0v) is 8.66. The van der Waals surface area contributed by atoms with Gasteiger partial charge in [-0.2, -0.15) is 0 Å². The molecule has 3 heteroatoms. The van der Waals surface area contributed by atoms with Crippen LogP contribution in [-0.4, -0.2) is 18.1 Å². The summed E-state index contributed by atoms with van der Waals surface area (Å²) in [5.74, 6) is 1.53. The van der Waals surface area contributed by atoms with E-state index in [2.05, 4.69) is 17.2 Å². The number of hydrogen-bond donors (Lipinski definition) is 1. The predicted octanol–water partition coefficient (Wildman–Crippen LogP) is 2.30. The van der Waals surface area contributed by atoms with E-state index in [0.717, 1.165) is 11.6 Å². The average molecular weight is 192 g/mol. The van der Waals surface area contributed by atoms with Crippen LogP contribution in [0.4, 0.5) is 5.69 Å². The van der Waals surface area contributed by atoms with E-state index in [-0.39, 0.29) is 0 Å². The Kier molecular flexibility index (Phi) is 2.57. The Hall–Kier alpha value is -1.25. The largest absolute Gasteiger partial charge is 0.481 e. The highest BCUT2D eigenvalue weighted by Crippen LogP contribution is 2.36. The van der Waals surface area contributed by atoms with Crippen molar-refractivity contribution in [3.8, 4) is 5.88 Å². The molecule has 0 radical (unpaired) electrons. The third kappa shape index (κ3) is 1.97. The number of nitrogens with zero attached hydrogens (tertiary/aromatic N) is 1. The molecule has 0 bridgehead atoms. The Morgan fingerprint density at radius 1 is 1.64 bits per heavy atom. The number of ether oxygens (including phenoxy) is 1. The van der Waals surface area contributed by atoms with Crippen molar-refractivity contribution >= 4 is 5.69 Å². The van der Waals surface area contributed by atoms with E-state index < -0.39 is 0 Å². The number of pyridine rings is 1. The highest BCUT2D eigenvalue weighted by molar-refractivity contribution is 5.47. The van der Waals surface area contributed by atoms with E-state index in [9.17, 15) is 0 Å². The Morgan fingerprint density at radius 2 is 2.50 bits per heavy atom. The fraction of sp³-hybridized carbons (Fsp3) is 0.545. The van der Waals surface area contributed by atoms with Crippen LogP contribution in [-0.2, 0) is 0 Å². The predicted molar refractivity (Wildman–Crippen MR) is 56.6 cm³/mol. The van der Waals surface area contributed by atoms with Gasteiger partial charge in [-0.05, 0) is 18.4 Å². The first-order valence-electron chi connectivity index (χ1n) is 5.10. The Labute approximate surface area is 84.5 Å². The van der Waals surface area contributed by atoms with Crippen LogP contribution in [0.15, 0.2) is 18.3 Å². The lowest BCUT2D eigenvalue weighted by Gasteiger charge is -2.06. The molecule has 1 saturated carbocycles. The molecule has 1 aliphatic rings. The van der Waals surface area contributed by atoms with Crippen molar-refractivity contribution in [2.45, 2.75) is 25.8 Å². The number of methoxy groups -OCH3 is 1. The topological polar surface area (TPSA) is 34.2 Å². The molecule has 1 aromatic heterocycles. The van der Waals surface area contributed by atoms with Gasteiger partial charge in [0.15, 0.2) is 0 Å². The van der Waals surface area contributed by atoms with Gasteiger partial charge in [0.25, 0.3) is 0 Å². The number of aromatic nitrogens is 1. The maximum absolute atomic E-state index is 5.06. The van der Waals surface area contributed by atoms with Crippen LogP contribution in [0.1, 0.15) is 19.8 Å². The van der Waals surface area contributed by atoms with Gasteiger partial charge in [-0.1, -0.05) is 13.3 Å². The number of rotatable bonds is 4. The summed E-state index contributed by atoms with van der Waals surface area (Å²) in [6.07, 6.45) is 4.32. The molecular weight excluding hydrogens is 176 g/mol. The van der Waals surface area contributed by atoms with Gasteiger partial charge in [0.05, 0.1) is 7.11 Å². The van der Waals surface area contributed by atoms with Crippen molar-refractivity contribution in [2.75, 3.05) is 12.4 Å². The van der Waals surface area contributed by atoms with Gasteiger partial charge in [0.2, 0.25) is 5.88 Å². The summed E-state index contributed by atoms with van der Waals surface area (Å²) in [7, 11) is 1.64. The first-order valence-corrected chi connectivity index (χ1v) is 5.10. The van der Waals surface area contributed by atoms with Crippen molar-refractivity contribution in [3.05, 3.63) is 18.3 Å². The van der Waals surface area contributed by atoms with E-state index in [1.165, 1.54) is 12.8 Å². The van der Waals surface area contributed by atoms with Gasteiger partial charge in [-0.25, -0.2) is 4.98 Å². The quantitative estimate of drug-likeness (QED) is 0.794. The van der Waals surface area contributed by atoms with Crippen LogP contribution >= 0.6 is 0 Å². The molecule has 3 nitrogen and oxygen atoms in total. The van der Waals surface area contributed by atoms with Crippen molar-refractivity contribution in [2.24, 2.45) is 5.92 Å². The van der Waals surface area contributed by atoms with E-state index in [1.54, 1.807) is 13.3 Å². The van der Waals surface area contributed by atoms with Crippen LogP contribution in [0.25, 0.3) is 0 Å². The standard InChI is InChI=1S/C11H16N2O/c1-3-8-6-10(8)13-9-4-5-12-11(7-9)14-2/h4-5,7-8,10H,3,6H2,1-2H3,(H,12,13). The molecule has 1 aliphatic carbocycles. The first-order chi connectivity index (χ1) is 6.83. The van der Waals surface area contributed by atoms with Gasteiger partial charge < -0.3 is 10.1 Å². The minimum atomic E-state index is 0.659. The molecule has 14 heavy (non-hydrogen) atoms. The molecule has 1 fully saturated rings. The molecule has 1 aromatic rings. The SMILES string of the molecule is CCC1CC1Nc1ccnc(OC)c1. The van der Waals surface area contributed by atoms with Crippen LogP contribution in [0.5, 0.6) is 5.88 Å². The molecule has 0 amide bonds. The van der Waals surface area contributed by atoms with Gasteiger partial charge in [-0.15, -0.1) is 0 Å². The first kappa shape index (κ1) is 9.31. The molecule has 76 valence electrons. The lowest BCUT2D eigenvalue weighted by atomic mass is 10.3. The van der Waals surface area contributed by atoms with Gasteiger partial charge in [0.1, 0.15) is 0 Å². The second kappa shape index (κ2) is 3.86. The Balaban J connectivity index is 1.96. The second-order valence-corrected chi connectivity index (χ2v) is 3.74. The van der Waals surface area contributed by atoms with Gasteiger partial charge in [-0.3, -0.25) is 0 Å². The maximum Gasteiger partial charge on any atom is 0.214 e. The summed E-state index contributed by atoms with van der Waals surface area (Å²) in [5.41, 5.74) is 1.11. The van der Waals surface area contributed by atoms with Crippen molar-refractivity contribution in [1.29, 1.82) is 0 Å². The normalized spacial score (nSPS) is 24.4. The zero-order valence-electron chi connectivity index (χ0n) is 8.66. The number of anilines is 1. The Bertz CT molecular complexity index is 314. The van der Waals surface area contributed by atoms with E-state index >= 15 is 0 Å². The smallest absolute Gasteiger partial charge is 0.214 e. The van der Waals surface area contributed by atoms with E-state index in [4.69, 9.17) is 4.74 Å².